The van der Waals surface area contributed by atoms with Gasteiger partial charge in [0, 0.05) is 17.8 Å². The number of hydrogen-bond acceptors (Lipinski definition) is 2. The molecular formula is C12H22N2O. The van der Waals surface area contributed by atoms with E-state index in [0.29, 0.717) is 12.0 Å². The predicted molar refractivity (Wildman–Crippen MR) is 61.6 cm³/mol. The molecule has 0 aliphatic heterocycles. The van der Waals surface area contributed by atoms with Crippen LogP contribution in [0.4, 0.5) is 0 Å². The molecule has 1 unspecified atom stereocenters. The lowest BCUT2D eigenvalue weighted by atomic mass is 10.0. The lowest BCUT2D eigenvalue weighted by Crippen LogP contribution is -2.01. The number of rotatable bonds is 5. The summed E-state index contributed by atoms with van der Waals surface area (Å²) < 4.78 is 1.88. The van der Waals surface area contributed by atoms with Gasteiger partial charge < -0.3 is 5.11 Å². The second kappa shape index (κ2) is 5.31. The zero-order valence-corrected chi connectivity index (χ0v) is 10.1. The fraction of sp³-hybridized carbons (Fsp3) is 0.750. The van der Waals surface area contributed by atoms with Crippen molar-refractivity contribution >= 4 is 0 Å². The van der Waals surface area contributed by atoms with Crippen molar-refractivity contribution in [1.29, 1.82) is 0 Å². The molecular weight excluding hydrogens is 188 g/mol. The highest BCUT2D eigenvalue weighted by Gasteiger charge is 2.11. The van der Waals surface area contributed by atoms with E-state index >= 15 is 0 Å². The summed E-state index contributed by atoms with van der Waals surface area (Å²) in [5.41, 5.74) is 0.935. The molecule has 0 aliphatic rings. The van der Waals surface area contributed by atoms with E-state index in [1.54, 1.807) is 6.20 Å². The molecule has 15 heavy (non-hydrogen) atoms. The standard InChI is InChI=1S/C12H22N2O/c1-9(2)5-6-12(15)11-7-13-14(8-11)10(3)4/h7-10,12,15H,5-6H2,1-4H3. The summed E-state index contributed by atoms with van der Waals surface area (Å²) in [7, 11) is 0. The molecule has 0 aromatic carbocycles. The third kappa shape index (κ3) is 3.67. The largest absolute Gasteiger partial charge is 0.388 e. The number of aliphatic hydroxyl groups excluding tert-OH is 1. The zero-order chi connectivity index (χ0) is 11.4. The minimum Gasteiger partial charge on any atom is -0.388 e. The Morgan fingerprint density at radius 3 is 2.40 bits per heavy atom. The van der Waals surface area contributed by atoms with Gasteiger partial charge in [-0.1, -0.05) is 13.8 Å². The number of hydrogen-bond donors (Lipinski definition) is 1. The summed E-state index contributed by atoms with van der Waals surface area (Å²) in [5, 5.41) is 14.1. The van der Waals surface area contributed by atoms with Gasteiger partial charge in [0.1, 0.15) is 0 Å². The lowest BCUT2D eigenvalue weighted by Gasteiger charge is -2.10. The van der Waals surface area contributed by atoms with Crippen molar-refractivity contribution in [3.05, 3.63) is 18.0 Å². The molecule has 0 radical (unpaired) electrons. The highest BCUT2D eigenvalue weighted by Crippen LogP contribution is 2.20. The predicted octanol–water partition coefficient (Wildman–Crippen LogP) is 2.93. The van der Waals surface area contributed by atoms with Crippen LogP contribution in [0, 0.1) is 5.92 Å². The van der Waals surface area contributed by atoms with E-state index in [2.05, 4.69) is 32.8 Å². The average Bonchev–Trinajstić information content (AvgIpc) is 2.62. The van der Waals surface area contributed by atoms with Gasteiger partial charge in [0.2, 0.25) is 0 Å². The minimum absolute atomic E-state index is 0.357. The molecule has 1 heterocycles. The average molecular weight is 210 g/mol. The van der Waals surface area contributed by atoms with Crippen LogP contribution in [-0.4, -0.2) is 14.9 Å². The van der Waals surface area contributed by atoms with Crippen LogP contribution in [-0.2, 0) is 0 Å². The Bertz CT molecular complexity index is 292. The molecule has 0 saturated carbocycles. The molecule has 1 rings (SSSR count). The first-order valence-electron chi connectivity index (χ1n) is 5.72. The minimum atomic E-state index is -0.361. The van der Waals surface area contributed by atoms with E-state index in [0.717, 1.165) is 18.4 Å². The maximum Gasteiger partial charge on any atom is 0.0820 e. The Balaban J connectivity index is 2.54. The van der Waals surface area contributed by atoms with Crippen LogP contribution in [0.25, 0.3) is 0 Å². The topological polar surface area (TPSA) is 38.1 Å². The van der Waals surface area contributed by atoms with Gasteiger partial charge in [0.15, 0.2) is 0 Å². The van der Waals surface area contributed by atoms with Crippen LogP contribution in [0.3, 0.4) is 0 Å². The third-order valence-electron chi connectivity index (χ3n) is 2.55. The van der Waals surface area contributed by atoms with Crippen LogP contribution in [0.1, 0.15) is 58.2 Å². The van der Waals surface area contributed by atoms with Crippen molar-refractivity contribution in [1.82, 2.24) is 9.78 Å². The summed E-state index contributed by atoms with van der Waals surface area (Å²) in [6, 6.07) is 0.357. The molecule has 3 heteroatoms. The van der Waals surface area contributed by atoms with E-state index in [9.17, 15) is 5.11 Å². The van der Waals surface area contributed by atoms with Crippen LogP contribution >= 0.6 is 0 Å². The maximum absolute atomic E-state index is 9.91. The molecule has 1 aromatic heterocycles. The summed E-state index contributed by atoms with van der Waals surface area (Å²) in [6.07, 6.45) is 5.22. The summed E-state index contributed by atoms with van der Waals surface area (Å²) in [5.74, 6) is 0.639. The van der Waals surface area contributed by atoms with E-state index in [1.165, 1.54) is 0 Å². The van der Waals surface area contributed by atoms with Gasteiger partial charge in [-0.05, 0) is 32.6 Å². The van der Waals surface area contributed by atoms with Crippen molar-refractivity contribution < 1.29 is 5.11 Å². The second-order valence-corrected chi connectivity index (χ2v) is 4.83. The maximum atomic E-state index is 9.91. The Morgan fingerprint density at radius 2 is 1.93 bits per heavy atom. The molecule has 0 saturated heterocycles. The van der Waals surface area contributed by atoms with Gasteiger partial charge in [-0.25, -0.2) is 0 Å². The quantitative estimate of drug-likeness (QED) is 0.811. The van der Waals surface area contributed by atoms with Crippen molar-refractivity contribution in [2.75, 3.05) is 0 Å². The van der Waals surface area contributed by atoms with Crippen LogP contribution in [0.2, 0.25) is 0 Å². The molecule has 86 valence electrons. The molecule has 0 aliphatic carbocycles. The van der Waals surface area contributed by atoms with Gasteiger partial charge >= 0.3 is 0 Å². The zero-order valence-electron chi connectivity index (χ0n) is 10.1. The Morgan fingerprint density at radius 1 is 1.27 bits per heavy atom. The van der Waals surface area contributed by atoms with E-state index in [1.807, 2.05) is 10.9 Å². The molecule has 3 nitrogen and oxygen atoms in total. The lowest BCUT2D eigenvalue weighted by molar-refractivity contribution is 0.159. The highest BCUT2D eigenvalue weighted by molar-refractivity contribution is 5.08. The Kier molecular flexibility index (Phi) is 4.33. The smallest absolute Gasteiger partial charge is 0.0820 e. The molecule has 0 bridgehead atoms. The summed E-state index contributed by atoms with van der Waals surface area (Å²) in [6.45, 7) is 8.50. The fourth-order valence-corrected chi connectivity index (χ4v) is 1.47. The second-order valence-electron chi connectivity index (χ2n) is 4.83. The third-order valence-corrected chi connectivity index (χ3v) is 2.55. The van der Waals surface area contributed by atoms with E-state index < -0.39 is 0 Å². The molecule has 0 amide bonds. The van der Waals surface area contributed by atoms with E-state index in [4.69, 9.17) is 0 Å². The molecule has 1 atom stereocenters. The van der Waals surface area contributed by atoms with Gasteiger partial charge in [-0.15, -0.1) is 0 Å². The SMILES string of the molecule is CC(C)CCC(O)c1cnn(C(C)C)c1. The van der Waals surface area contributed by atoms with Gasteiger partial charge in [-0.2, -0.15) is 5.10 Å². The van der Waals surface area contributed by atoms with Gasteiger partial charge in [0.05, 0.1) is 12.3 Å². The Labute approximate surface area is 92.1 Å². The van der Waals surface area contributed by atoms with Crippen molar-refractivity contribution in [2.24, 2.45) is 5.92 Å². The normalized spacial score (nSPS) is 13.8. The Hall–Kier alpha value is -0.830. The van der Waals surface area contributed by atoms with Gasteiger partial charge in [0.25, 0.3) is 0 Å². The molecule has 1 N–H and O–H groups in total. The fourth-order valence-electron chi connectivity index (χ4n) is 1.47. The van der Waals surface area contributed by atoms with Crippen LogP contribution in [0.15, 0.2) is 12.4 Å². The van der Waals surface area contributed by atoms with Crippen molar-refractivity contribution in [2.45, 2.75) is 52.7 Å². The monoisotopic (exact) mass is 210 g/mol. The number of nitrogens with zero attached hydrogens (tertiary/aromatic N) is 2. The van der Waals surface area contributed by atoms with Gasteiger partial charge in [-0.3, -0.25) is 4.68 Å². The highest BCUT2D eigenvalue weighted by atomic mass is 16.3. The first-order chi connectivity index (χ1) is 7.00. The molecule has 0 fully saturated rings. The van der Waals surface area contributed by atoms with Crippen molar-refractivity contribution in [3.63, 3.8) is 0 Å². The van der Waals surface area contributed by atoms with E-state index in [-0.39, 0.29) is 6.10 Å². The summed E-state index contributed by atoms with van der Waals surface area (Å²) in [4.78, 5) is 0. The first-order valence-corrected chi connectivity index (χ1v) is 5.72. The molecule has 1 aromatic rings. The van der Waals surface area contributed by atoms with Crippen LogP contribution in [0.5, 0.6) is 0 Å². The number of aliphatic hydroxyl groups is 1. The first kappa shape index (κ1) is 12.2. The molecule has 0 spiro atoms. The van der Waals surface area contributed by atoms with Crippen LogP contribution < -0.4 is 0 Å². The number of aromatic nitrogens is 2. The summed E-state index contributed by atoms with van der Waals surface area (Å²) >= 11 is 0. The van der Waals surface area contributed by atoms with Crippen molar-refractivity contribution in [3.8, 4) is 0 Å².